The van der Waals surface area contributed by atoms with Crippen LogP contribution >= 0.6 is 0 Å². The number of hydrogen-bond acceptors (Lipinski definition) is 6. The molecule has 0 amide bonds. The number of guanidine groups is 1. The van der Waals surface area contributed by atoms with Crippen molar-refractivity contribution in [1.82, 2.24) is 20.5 Å². The zero-order valence-corrected chi connectivity index (χ0v) is 18.7. The van der Waals surface area contributed by atoms with E-state index in [0.29, 0.717) is 57.0 Å². The van der Waals surface area contributed by atoms with Crippen molar-refractivity contribution in [1.29, 1.82) is 0 Å². The summed E-state index contributed by atoms with van der Waals surface area (Å²) in [6.45, 7) is 8.69. The summed E-state index contributed by atoms with van der Waals surface area (Å²) in [5.74, 6) is 0.950. The largest absolute Gasteiger partial charge is 0.439 e. The molecular formula is C23H32FN5O3. The maximum Gasteiger partial charge on any atom is 0.224 e. The highest BCUT2D eigenvalue weighted by Crippen LogP contribution is 2.24. The van der Waals surface area contributed by atoms with E-state index in [4.69, 9.17) is 9.47 Å². The standard InChI is InChI=1S/C23H32FN5O3/c1-3-25-22(28-16-23(2,30)17-29-10-12-31-13-11-29)27-15-18-6-5-9-26-21(18)32-20-8-4-7-19(24)14-20/h4-9,14,30H,3,10-13,15-17H2,1-2H3,(H2,25,27,28). The molecule has 0 radical (unpaired) electrons. The summed E-state index contributed by atoms with van der Waals surface area (Å²) in [5, 5.41) is 17.2. The first kappa shape index (κ1) is 23.9. The van der Waals surface area contributed by atoms with Gasteiger partial charge < -0.3 is 25.2 Å². The highest BCUT2D eigenvalue weighted by atomic mass is 19.1. The number of benzene rings is 1. The van der Waals surface area contributed by atoms with Crippen LogP contribution in [0.3, 0.4) is 0 Å². The van der Waals surface area contributed by atoms with Gasteiger partial charge in [-0.15, -0.1) is 0 Å². The van der Waals surface area contributed by atoms with Gasteiger partial charge in [0.1, 0.15) is 11.6 Å². The van der Waals surface area contributed by atoms with E-state index in [0.717, 1.165) is 18.7 Å². The van der Waals surface area contributed by atoms with Gasteiger partial charge in [-0.2, -0.15) is 0 Å². The molecule has 1 aliphatic rings. The van der Waals surface area contributed by atoms with Crippen molar-refractivity contribution in [3.63, 3.8) is 0 Å². The summed E-state index contributed by atoms with van der Waals surface area (Å²) < 4.78 is 24.6. The molecule has 1 saturated heterocycles. The summed E-state index contributed by atoms with van der Waals surface area (Å²) in [6.07, 6.45) is 1.62. The number of hydrogen-bond donors (Lipinski definition) is 3. The van der Waals surface area contributed by atoms with Gasteiger partial charge in [-0.3, -0.25) is 4.90 Å². The minimum Gasteiger partial charge on any atom is -0.439 e. The molecular weight excluding hydrogens is 413 g/mol. The van der Waals surface area contributed by atoms with Gasteiger partial charge >= 0.3 is 0 Å². The second-order valence-corrected chi connectivity index (χ2v) is 7.96. The maximum atomic E-state index is 13.5. The molecule has 0 spiro atoms. The lowest BCUT2D eigenvalue weighted by molar-refractivity contribution is -0.0201. The molecule has 1 unspecified atom stereocenters. The zero-order valence-electron chi connectivity index (χ0n) is 18.7. The number of aliphatic hydroxyl groups is 1. The molecule has 1 fully saturated rings. The van der Waals surface area contributed by atoms with E-state index in [1.54, 1.807) is 24.4 Å². The van der Waals surface area contributed by atoms with E-state index in [-0.39, 0.29) is 5.82 Å². The summed E-state index contributed by atoms with van der Waals surface area (Å²) in [5.41, 5.74) is -0.165. The van der Waals surface area contributed by atoms with E-state index in [1.165, 1.54) is 12.1 Å². The number of halogens is 1. The highest BCUT2D eigenvalue weighted by Gasteiger charge is 2.25. The average Bonchev–Trinajstić information content (AvgIpc) is 2.77. The SMILES string of the molecule is CCNC(=NCc1cccnc1Oc1cccc(F)c1)NCC(C)(O)CN1CCOCC1. The molecule has 1 aromatic carbocycles. The van der Waals surface area contributed by atoms with E-state index >= 15 is 0 Å². The Bertz CT molecular complexity index is 887. The van der Waals surface area contributed by atoms with Crippen LogP contribution in [0.2, 0.25) is 0 Å². The maximum absolute atomic E-state index is 13.5. The molecule has 32 heavy (non-hydrogen) atoms. The van der Waals surface area contributed by atoms with Crippen LogP contribution in [0.1, 0.15) is 19.4 Å². The number of morpholine rings is 1. The van der Waals surface area contributed by atoms with Gasteiger partial charge in [-0.05, 0) is 32.0 Å². The minimum absolute atomic E-state index is 0.305. The molecule has 3 rings (SSSR count). The molecule has 9 heteroatoms. The van der Waals surface area contributed by atoms with E-state index in [2.05, 4.69) is 25.5 Å². The number of ether oxygens (including phenoxy) is 2. The quantitative estimate of drug-likeness (QED) is 0.402. The lowest BCUT2D eigenvalue weighted by Crippen LogP contribution is -2.52. The van der Waals surface area contributed by atoms with Crippen LogP contribution in [0, 0.1) is 5.82 Å². The van der Waals surface area contributed by atoms with Gasteiger partial charge in [0.05, 0.1) is 25.4 Å². The van der Waals surface area contributed by atoms with Gasteiger partial charge in [-0.1, -0.05) is 12.1 Å². The summed E-state index contributed by atoms with van der Waals surface area (Å²) in [4.78, 5) is 11.1. The predicted molar refractivity (Wildman–Crippen MR) is 121 cm³/mol. The first-order valence-electron chi connectivity index (χ1n) is 10.9. The Morgan fingerprint density at radius 3 is 2.84 bits per heavy atom. The van der Waals surface area contributed by atoms with Crippen LogP contribution < -0.4 is 15.4 Å². The molecule has 2 heterocycles. The Morgan fingerprint density at radius 1 is 1.28 bits per heavy atom. The Kier molecular flexibility index (Phi) is 8.78. The number of nitrogens with one attached hydrogen (secondary N) is 2. The average molecular weight is 446 g/mol. The van der Waals surface area contributed by atoms with Crippen LogP contribution in [0.15, 0.2) is 47.6 Å². The molecule has 0 aliphatic carbocycles. The van der Waals surface area contributed by atoms with Gasteiger partial charge in [0.2, 0.25) is 5.88 Å². The highest BCUT2D eigenvalue weighted by molar-refractivity contribution is 5.79. The number of aromatic nitrogens is 1. The molecule has 0 bridgehead atoms. The Balaban J connectivity index is 1.62. The molecule has 8 nitrogen and oxygen atoms in total. The lowest BCUT2D eigenvalue weighted by atomic mass is 10.1. The molecule has 174 valence electrons. The fourth-order valence-electron chi connectivity index (χ4n) is 3.36. The van der Waals surface area contributed by atoms with Crippen molar-refractivity contribution in [3.05, 3.63) is 54.0 Å². The molecule has 1 atom stereocenters. The minimum atomic E-state index is -0.923. The number of β-amino-alcohol motifs (C(OH)–C–C–N with tert-alkyl or cyclic N) is 1. The second kappa shape index (κ2) is 11.8. The summed E-state index contributed by atoms with van der Waals surface area (Å²) in [7, 11) is 0. The monoisotopic (exact) mass is 445 g/mol. The van der Waals surface area contributed by atoms with E-state index in [9.17, 15) is 9.50 Å². The zero-order chi connectivity index (χ0) is 22.8. The Labute approximate surface area is 188 Å². The van der Waals surface area contributed by atoms with Crippen molar-refractivity contribution in [2.75, 3.05) is 45.9 Å². The Hall–Kier alpha value is -2.75. The number of nitrogens with zero attached hydrogens (tertiary/aromatic N) is 3. The van der Waals surface area contributed by atoms with Crippen molar-refractivity contribution in [2.24, 2.45) is 4.99 Å². The van der Waals surface area contributed by atoms with Crippen LogP contribution in [-0.2, 0) is 11.3 Å². The molecule has 3 N–H and O–H groups in total. The van der Waals surface area contributed by atoms with Crippen LogP contribution in [0.25, 0.3) is 0 Å². The Morgan fingerprint density at radius 2 is 2.09 bits per heavy atom. The van der Waals surface area contributed by atoms with Gasteiger partial charge in [-0.25, -0.2) is 14.4 Å². The van der Waals surface area contributed by atoms with Gasteiger partial charge in [0, 0.05) is 50.6 Å². The van der Waals surface area contributed by atoms with E-state index < -0.39 is 5.60 Å². The molecule has 1 aromatic heterocycles. The van der Waals surface area contributed by atoms with Crippen LogP contribution in [0.4, 0.5) is 4.39 Å². The van der Waals surface area contributed by atoms with Crippen molar-refractivity contribution >= 4 is 5.96 Å². The topological polar surface area (TPSA) is 91.2 Å². The summed E-state index contributed by atoms with van der Waals surface area (Å²) >= 11 is 0. The second-order valence-electron chi connectivity index (χ2n) is 7.96. The predicted octanol–water partition coefficient (Wildman–Crippen LogP) is 2.15. The van der Waals surface area contributed by atoms with Crippen LogP contribution in [0.5, 0.6) is 11.6 Å². The van der Waals surface area contributed by atoms with Crippen molar-refractivity contribution in [3.8, 4) is 11.6 Å². The third-order valence-electron chi connectivity index (χ3n) is 4.92. The first-order chi connectivity index (χ1) is 15.4. The fraction of sp³-hybridized carbons (Fsp3) is 0.478. The third-order valence-corrected chi connectivity index (χ3v) is 4.92. The van der Waals surface area contributed by atoms with Crippen LogP contribution in [-0.4, -0.2) is 72.5 Å². The molecule has 2 aromatic rings. The van der Waals surface area contributed by atoms with Crippen molar-refractivity contribution < 1.29 is 19.0 Å². The molecule has 1 aliphatic heterocycles. The third kappa shape index (κ3) is 7.74. The van der Waals surface area contributed by atoms with E-state index in [1.807, 2.05) is 19.9 Å². The fourth-order valence-corrected chi connectivity index (χ4v) is 3.36. The normalized spacial score (nSPS) is 16.9. The summed E-state index contributed by atoms with van der Waals surface area (Å²) in [6, 6.07) is 9.59. The lowest BCUT2D eigenvalue weighted by Gasteiger charge is -2.34. The smallest absolute Gasteiger partial charge is 0.224 e. The molecule has 0 saturated carbocycles. The number of pyridine rings is 1. The van der Waals surface area contributed by atoms with Gasteiger partial charge in [0.25, 0.3) is 0 Å². The first-order valence-corrected chi connectivity index (χ1v) is 10.9. The number of aliphatic imine (C=N–C) groups is 1. The van der Waals surface area contributed by atoms with Crippen molar-refractivity contribution in [2.45, 2.75) is 26.0 Å². The van der Waals surface area contributed by atoms with Gasteiger partial charge in [0.15, 0.2) is 5.96 Å². The number of rotatable bonds is 9.